The fraction of sp³-hybridized carbons (Fsp3) is 0. The Balaban J connectivity index is 2.12. The van der Waals surface area contributed by atoms with Gasteiger partial charge in [-0.15, -0.1) is 0 Å². The topological polar surface area (TPSA) is 57.5 Å². The van der Waals surface area contributed by atoms with Crippen LogP contribution >= 0.6 is 8.46 Å². The number of hydrogen-bond donors (Lipinski definition) is 2. The fourth-order valence-corrected chi connectivity index (χ4v) is 2.75. The van der Waals surface area contributed by atoms with Crippen LogP contribution in [0.2, 0.25) is 0 Å². The van der Waals surface area contributed by atoms with Crippen LogP contribution in [-0.4, -0.2) is 10.2 Å². The van der Waals surface area contributed by atoms with Gasteiger partial charge in [-0.3, -0.25) is 4.57 Å². The number of benzene rings is 3. The largest absolute Gasteiger partial charge is 0.508 e. The zero-order valence-corrected chi connectivity index (χ0v) is 12.5. The molecule has 2 N–H and O–H groups in total. The van der Waals surface area contributed by atoms with E-state index in [0.29, 0.717) is 5.30 Å². The predicted molar refractivity (Wildman–Crippen MR) is 87.9 cm³/mol. The fourth-order valence-electron chi connectivity index (χ4n) is 2.32. The summed E-state index contributed by atoms with van der Waals surface area (Å²) in [6.07, 6.45) is 0. The molecule has 0 aromatic heterocycles. The lowest BCUT2D eigenvalue weighted by atomic mass is 9.99. The van der Waals surface area contributed by atoms with Crippen LogP contribution in [0, 0.1) is 0 Å². The van der Waals surface area contributed by atoms with Crippen molar-refractivity contribution in [3.8, 4) is 33.8 Å². The maximum Gasteiger partial charge on any atom is 0.192 e. The monoisotopic (exact) mass is 308 g/mol. The Morgan fingerprint density at radius 1 is 0.636 bits per heavy atom. The third-order valence-electron chi connectivity index (χ3n) is 3.47. The normalized spacial score (nSPS) is 10.7. The van der Waals surface area contributed by atoms with Crippen LogP contribution in [-0.2, 0) is 4.57 Å². The van der Waals surface area contributed by atoms with E-state index >= 15 is 0 Å². The first-order valence-corrected chi connectivity index (χ1v) is 7.55. The molecule has 0 fully saturated rings. The second kappa shape index (κ2) is 6.00. The Morgan fingerprint density at radius 3 is 1.68 bits per heavy atom. The molecule has 108 valence electrons. The van der Waals surface area contributed by atoms with E-state index in [9.17, 15) is 14.8 Å². The van der Waals surface area contributed by atoms with Crippen LogP contribution in [0.15, 0.2) is 66.7 Å². The highest BCUT2D eigenvalue weighted by molar-refractivity contribution is 7.34. The van der Waals surface area contributed by atoms with E-state index < -0.39 is 0 Å². The Labute approximate surface area is 129 Å². The van der Waals surface area contributed by atoms with Crippen LogP contribution < -0.4 is 5.30 Å². The van der Waals surface area contributed by atoms with Crippen molar-refractivity contribution >= 4 is 13.8 Å². The van der Waals surface area contributed by atoms with Gasteiger partial charge in [-0.25, -0.2) is 0 Å². The summed E-state index contributed by atoms with van der Waals surface area (Å²) >= 11 is 0. The molecule has 3 aromatic rings. The molecular weight excluding hydrogens is 295 g/mol. The molecule has 4 heteroatoms. The van der Waals surface area contributed by atoms with Gasteiger partial charge in [-0.05, 0) is 58.7 Å². The molecule has 3 rings (SSSR count). The lowest BCUT2D eigenvalue weighted by Gasteiger charge is -2.09. The first kappa shape index (κ1) is 14.3. The highest BCUT2D eigenvalue weighted by atomic mass is 31.1. The van der Waals surface area contributed by atoms with E-state index in [1.54, 1.807) is 36.4 Å². The maximum atomic E-state index is 11.4. The van der Waals surface area contributed by atoms with Gasteiger partial charge in [0.2, 0.25) is 0 Å². The molecule has 22 heavy (non-hydrogen) atoms. The van der Waals surface area contributed by atoms with E-state index in [1.807, 2.05) is 30.3 Å². The van der Waals surface area contributed by atoms with E-state index in [4.69, 9.17) is 0 Å². The van der Waals surface area contributed by atoms with Crippen LogP contribution in [0.4, 0.5) is 0 Å². The lowest BCUT2D eigenvalue weighted by molar-refractivity contribution is 0.475. The van der Waals surface area contributed by atoms with Gasteiger partial charge in [-0.1, -0.05) is 30.3 Å². The molecular formula is C18H13O3P. The van der Waals surface area contributed by atoms with Gasteiger partial charge in [0.1, 0.15) is 11.5 Å². The molecule has 0 atom stereocenters. The van der Waals surface area contributed by atoms with Crippen molar-refractivity contribution in [3.05, 3.63) is 66.7 Å². The zero-order chi connectivity index (χ0) is 15.5. The van der Waals surface area contributed by atoms with Crippen molar-refractivity contribution in [3.63, 3.8) is 0 Å². The predicted octanol–water partition coefficient (Wildman–Crippen LogP) is 4.35. The molecule has 0 aliphatic heterocycles. The second-order valence-electron chi connectivity index (χ2n) is 4.92. The number of phenols is 2. The first-order valence-electron chi connectivity index (χ1n) is 6.73. The van der Waals surface area contributed by atoms with Crippen LogP contribution in [0.1, 0.15) is 0 Å². The average molecular weight is 308 g/mol. The summed E-state index contributed by atoms with van der Waals surface area (Å²) in [5.74, 6) is 0.414. The van der Waals surface area contributed by atoms with E-state index in [1.165, 1.54) is 0 Å². The zero-order valence-electron chi connectivity index (χ0n) is 11.6. The molecule has 0 spiro atoms. The molecule has 0 radical (unpaired) electrons. The lowest BCUT2D eigenvalue weighted by Crippen LogP contribution is -1.98. The smallest absolute Gasteiger partial charge is 0.192 e. The Hall–Kier alpha value is -2.64. The molecule has 0 amide bonds. The van der Waals surface area contributed by atoms with Gasteiger partial charge < -0.3 is 10.2 Å². The van der Waals surface area contributed by atoms with Gasteiger partial charge in [0.25, 0.3) is 0 Å². The molecule has 0 unspecified atom stereocenters. The number of phenolic OH excluding ortho intramolecular Hbond substituents is 2. The van der Waals surface area contributed by atoms with E-state index in [-0.39, 0.29) is 20.0 Å². The summed E-state index contributed by atoms with van der Waals surface area (Å²) in [5.41, 5.74) is 3.67. The Morgan fingerprint density at radius 2 is 1.14 bits per heavy atom. The van der Waals surface area contributed by atoms with Crippen molar-refractivity contribution in [2.75, 3.05) is 0 Å². The van der Waals surface area contributed by atoms with Crippen molar-refractivity contribution in [1.29, 1.82) is 0 Å². The van der Waals surface area contributed by atoms with Crippen molar-refractivity contribution in [1.82, 2.24) is 0 Å². The maximum absolute atomic E-state index is 11.4. The van der Waals surface area contributed by atoms with Gasteiger partial charge in [0.05, 0.1) is 5.30 Å². The van der Waals surface area contributed by atoms with Crippen molar-refractivity contribution in [2.24, 2.45) is 0 Å². The van der Waals surface area contributed by atoms with Gasteiger partial charge >= 0.3 is 0 Å². The second-order valence-corrected chi connectivity index (χ2v) is 5.58. The molecule has 0 saturated carbocycles. The molecule has 0 aliphatic rings. The molecule has 0 saturated heterocycles. The average Bonchev–Trinajstić information content (AvgIpc) is 2.56. The van der Waals surface area contributed by atoms with Crippen molar-refractivity contribution in [2.45, 2.75) is 0 Å². The van der Waals surface area contributed by atoms with E-state index in [2.05, 4.69) is 0 Å². The van der Waals surface area contributed by atoms with E-state index in [0.717, 1.165) is 22.3 Å². The summed E-state index contributed by atoms with van der Waals surface area (Å²) in [6.45, 7) is 0. The minimum absolute atomic E-state index is 0.0503. The number of aromatic hydroxyl groups is 2. The highest BCUT2D eigenvalue weighted by Gasteiger charge is 2.08. The molecule has 3 nitrogen and oxygen atoms in total. The van der Waals surface area contributed by atoms with Gasteiger partial charge in [0.15, 0.2) is 8.46 Å². The molecule has 0 heterocycles. The minimum atomic E-state index is -0.0503. The first-order chi connectivity index (χ1) is 10.7. The SMILES string of the molecule is O=Pc1ccc(-c2ccc(O)cc2)cc1-c1ccc(O)cc1. The summed E-state index contributed by atoms with van der Waals surface area (Å²) in [5, 5.41) is 19.5. The summed E-state index contributed by atoms with van der Waals surface area (Å²) < 4.78 is 11.4. The van der Waals surface area contributed by atoms with Gasteiger partial charge in [-0.2, -0.15) is 0 Å². The van der Waals surface area contributed by atoms with Crippen LogP contribution in [0.5, 0.6) is 11.5 Å². The molecule has 3 aromatic carbocycles. The Kier molecular flexibility index (Phi) is 3.90. The highest BCUT2D eigenvalue weighted by Crippen LogP contribution is 2.28. The standard InChI is InChI=1S/C18H13O3P/c19-15-6-1-12(2-7-15)14-5-10-18(22-21)17(11-14)13-3-8-16(20)9-4-13/h1-11,19-20H. The minimum Gasteiger partial charge on any atom is -0.508 e. The van der Waals surface area contributed by atoms with Crippen LogP contribution in [0.25, 0.3) is 22.3 Å². The van der Waals surface area contributed by atoms with Crippen LogP contribution in [0.3, 0.4) is 0 Å². The van der Waals surface area contributed by atoms with Crippen molar-refractivity contribution < 1.29 is 14.8 Å². The molecule has 0 aliphatic carbocycles. The molecule has 0 bridgehead atoms. The summed E-state index contributed by atoms with van der Waals surface area (Å²) in [6, 6.07) is 19.4. The summed E-state index contributed by atoms with van der Waals surface area (Å²) in [7, 11) is -0.0503. The number of rotatable bonds is 3. The third kappa shape index (κ3) is 2.85. The quantitative estimate of drug-likeness (QED) is 0.707. The van der Waals surface area contributed by atoms with Gasteiger partial charge in [0, 0.05) is 0 Å². The Bertz CT molecular complexity index is 809. The third-order valence-corrected chi connectivity index (χ3v) is 4.06. The summed E-state index contributed by atoms with van der Waals surface area (Å²) in [4.78, 5) is 0. The number of hydrogen-bond acceptors (Lipinski definition) is 3.